The number of imidazole rings is 1. The number of thiazole rings is 1. The first-order valence-corrected chi connectivity index (χ1v) is 14.9. The van der Waals surface area contributed by atoms with Crippen LogP contribution in [0.25, 0.3) is 27.6 Å². The smallest absolute Gasteiger partial charge is 0.282 e. The fourth-order valence-corrected chi connectivity index (χ4v) is 6.99. The second kappa shape index (κ2) is 10.7. The van der Waals surface area contributed by atoms with E-state index in [0.29, 0.717) is 50.1 Å². The van der Waals surface area contributed by atoms with Crippen molar-refractivity contribution in [2.24, 2.45) is 0 Å². The lowest BCUT2D eigenvalue weighted by Crippen LogP contribution is -2.36. The van der Waals surface area contributed by atoms with Gasteiger partial charge in [-0.2, -0.15) is 17.0 Å². The summed E-state index contributed by atoms with van der Waals surface area (Å²) < 4.78 is 31.2. The number of phenolic OH excluding ortho intramolecular Hbond substituents is 1. The van der Waals surface area contributed by atoms with Crippen molar-refractivity contribution in [3.63, 3.8) is 0 Å². The Bertz CT molecular complexity index is 1700. The molecule has 3 aromatic heterocycles. The van der Waals surface area contributed by atoms with Gasteiger partial charge in [-0.05, 0) is 30.2 Å². The normalized spacial score (nSPS) is 17.5. The van der Waals surface area contributed by atoms with Crippen molar-refractivity contribution >= 4 is 32.5 Å². The third kappa shape index (κ3) is 5.23. The summed E-state index contributed by atoms with van der Waals surface area (Å²) in [7, 11) is -3.54. The maximum Gasteiger partial charge on any atom is 0.282 e. The molecule has 1 aliphatic carbocycles. The zero-order chi connectivity index (χ0) is 26.8. The van der Waals surface area contributed by atoms with Crippen molar-refractivity contribution in [3.8, 4) is 28.4 Å². The molecule has 39 heavy (non-hydrogen) atoms. The van der Waals surface area contributed by atoms with Crippen molar-refractivity contribution in [1.29, 1.82) is 0 Å². The van der Waals surface area contributed by atoms with Crippen LogP contribution in [0.5, 0.6) is 5.75 Å². The number of nitrogens with zero attached hydrogens (tertiary/aromatic N) is 6. The van der Waals surface area contributed by atoms with Gasteiger partial charge in [0.25, 0.3) is 10.2 Å². The van der Waals surface area contributed by atoms with E-state index in [0.717, 1.165) is 28.2 Å². The van der Waals surface area contributed by atoms with Crippen LogP contribution >= 0.6 is 11.3 Å². The molecule has 2 N–H and O–H groups in total. The van der Waals surface area contributed by atoms with E-state index in [-0.39, 0.29) is 5.75 Å². The highest BCUT2D eigenvalue weighted by Crippen LogP contribution is 2.34. The lowest BCUT2D eigenvalue weighted by atomic mass is 10.1. The number of rotatable bonds is 8. The number of anilines is 1. The third-order valence-corrected chi connectivity index (χ3v) is 9.32. The van der Waals surface area contributed by atoms with Crippen LogP contribution in [0.3, 0.4) is 0 Å². The molecule has 0 spiro atoms. The van der Waals surface area contributed by atoms with E-state index >= 15 is 0 Å². The van der Waals surface area contributed by atoms with Crippen LogP contribution in [0.1, 0.15) is 6.42 Å². The molecule has 1 saturated heterocycles. The van der Waals surface area contributed by atoms with Gasteiger partial charge in [0.15, 0.2) is 4.96 Å². The first-order valence-electron chi connectivity index (χ1n) is 12.6. The Morgan fingerprint density at radius 2 is 2.00 bits per heavy atom. The number of nitrogens with one attached hydrogen (secondary N) is 1. The van der Waals surface area contributed by atoms with Gasteiger partial charge in [-0.1, -0.05) is 42.5 Å². The molecule has 12 heteroatoms. The summed E-state index contributed by atoms with van der Waals surface area (Å²) >= 11 is 1.51. The predicted molar refractivity (Wildman–Crippen MR) is 153 cm³/mol. The van der Waals surface area contributed by atoms with Gasteiger partial charge in [0.05, 0.1) is 11.4 Å². The van der Waals surface area contributed by atoms with Gasteiger partial charge in [0, 0.05) is 56.1 Å². The molecule has 0 amide bonds. The number of allylic oxidation sites excluding steroid dienone is 4. The molecule has 1 aromatic carbocycles. The Morgan fingerprint density at radius 1 is 1.10 bits per heavy atom. The average Bonchev–Trinajstić information content (AvgIpc) is 3.52. The second-order valence-electron chi connectivity index (χ2n) is 9.16. The quantitative estimate of drug-likeness (QED) is 0.335. The van der Waals surface area contributed by atoms with E-state index < -0.39 is 10.2 Å². The lowest BCUT2D eigenvalue weighted by Gasteiger charge is -2.19. The molecule has 0 atom stereocenters. The minimum Gasteiger partial charge on any atom is -0.508 e. The number of aromatic hydroxyl groups is 1. The molecule has 0 saturated carbocycles. The Labute approximate surface area is 230 Å². The van der Waals surface area contributed by atoms with Crippen LogP contribution in [0.4, 0.5) is 5.95 Å². The van der Waals surface area contributed by atoms with Crippen LogP contribution in [0, 0.1) is 0 Å². The number of phenols is 1. The van der Waals surface area contributed by atoms with Gasteiger partial charge in [-0.15, -0.1) is 11.3 Å². The summed E-state index contributed by atoms with van der Waals surface area (Å²) in [6.07, 6.45) is 14.4. The van der Waals surface area contributed by atoms with Crippen LogP contribution in [-0.2, 0) is 10.2 Å². The molecule has 4 heterocycles. The number of fused-ring (bicyclic) bond motifs is 1. The molecule has 1 aliphatic heterocycles. The minimum atomic E-state index is -3.54. The number of hydrogen-bond acceptors (Lipinski definition) is 8. The molecule has 2 aliphatic rings. The van der Waals surface area contributed by atoms with Crippen LogP contribution in [0.2, 0.25) is 0 Å². The van der Waals surface area contributed by atoms with E-state index in [4.69, 9.17) is 9.97 Å². The van der Waals surface area contributed by atoms with Gasteiger partial charge >= 0.3 is 0 Å². The summed E-state index contributed by atoms with van der Waals surface area (Å²) in [5.41, 5.74) is 3.91. The first kappa shape index (κ1) is 25.4. The van der Waals surface area contributed by atoms with Gasteiger partial charge in [-0.25, -0.2) is 15.0 Å². The molecule has 0 unspecified atom stereocenters. The predicted octanol–water partition coefficient (Wildman–Crippen LogP) is 3.94. The summed E-state index contributed by atoms with van der Waals surface area (Å²) in [5.74, 6) is 0.558. The molecule has 0 radical (unpaired) electrons. The van der Waals surface area contributed by atoms with Crippen molar-refractivity contribution in [1.82, 2.24) is 28.0 Å². The summed E-state index contributed by atoms with van der Waals surface area (Å²) in [4.78, 5) is 14.6. The highest BCUT2D eigenvalue weighted by molar-refractivity contribution is 7.87. The topological polar surface area (TPSA) is 116 Å². The molecule has 4 aromatic rings. The van der Waals surface area contributed by atoms with E-state index in [1.54, 1.807) is 24.4 Å². The highest BCUT2D eigenvalue weighted by Gasteiger charge is 2.36. The van der Waals surface area contributed by atoms with Gasteiger partial charge in [0.1, 0.15) is 11.4 Å². The molecule has 10 nitrogen and oxygen atoms in total. The highest BCUT2D eigenvalue weighted by atomic mass is 32.2. The minimum absolute atomic E-state index is 0.162. The molecule has 6 rings (SSSR count). The molecule has 1 fully saturated rings. The Hall–Kier alpha value is -3.84. The molecular formula is C27H27N7O3S2. The summed E-state index contributed by atoms with van der Waals surface area (Å²) in [5, 5.41) is 15.2. The first-order chi connectivity index (χ1) is 19.0. The van der Waals surface area contributed by atoms with Crippen LogP contribution in [-0.4, -0.2) is 74.2 Å². The summed E-state index contributed by atoms with van der Waals surface area (Å²) in [6.45, 7) is 1.93. The largest absolute Gasteiger partial charge is 0.508 e. The average molecular weight is 562 g/mol. The Morgan fingerprint density at radius 3 is 2.90 bits per heavy atom. The van der Waals surface area contributed by atoms with Crippen molar-refractivity contribution in [3.05, 3.63) is 84.1 Å². The fourth-order valence-electron chi connectivity index (χ4n) is 4.69. The van der Waals surface area contributed by atoms with E-state index in [2.05, 4.69) is 10.3 Å². The second-order valence-corrected chi connectivity index (χ2v) is 12.0. The van der Waals surface area contributed by atoms with Crippen molar-refractivity contribution < 1.29 is 13.5 Å². The monoisotopic (exact) mass is 561 g/mol. The maximum atomic E-state index is 13.1. The molecule has 0 bridgehead atoms. The number of hydrogen-bond donors (Lipinski definition) is 2. The fraction of sp³-hybridized carbons (Fsp3) is 0.222. The van der Waals surface area contributed by atoms with E-state index in [9.17, 15) is 13.5 Å². The third-order valence-electron chi connectivity index (χ3n) is 6.59. The summed E-state index contributed by atoms with van der Waals surface area (Å²) in [6, 6.07) is 8.79. The van der Waals surface area contributed by atoms with Crippen molar-refractivity contribution in [2.45, 2.75) is 6.42 Å². The standard InChI is InChI=1S/C27H27N7O3S2/c35-22-9-5-8-21(18-22)24-25(34-16-17-38-27(34)31-24)23-10-11-28-26(30-23)29-12-13-32-14-15-33(39(32,36)37)19-20-6-3-1-2-4-7-20/h1,3-11,16-18,35H,2,12-15,19H2,(H,28,29,30). The lowest BCUT2D eigenvalue weighted by molar-refractivity contribution is 0.456. The zero-order valence-electron chi connectivity index (χ0n) is 21.0. The van der Waals surface area contributed by atoms with E-state index in [1.807, 2.05) is 58.5 Å². The molecular weight excluding hydrogens is 534 g/mol. The number of aromatic nitrogens is 4. The van der Waals surface area contributed by atoms with Gasteiger partial charge in [-0.3, -0.25) is 4.40 Å². The Balaban J connectivity index is 1.16. The zero-order valence-corrected chi connectivity index (χ0v) is 22.6. The Kier molecular flexibility index (Phi) is 7.00. The maximum absolute atomic E-state index is 13.1. The number of benzene rings is 1. The van der Waals surface area contributed by atoms with E-state index in [1.165, 1.54) is 19.9 Å². The van der Waals surface area contributed by atoms with Gasteiger partial charge in [0.2, 0.25) is 5.95 Å². The molecule has 200 valence electrons. The SMILES string of the molecule is O=S1(=O)N(CCNc2nccc(-c3c(-c4cccc(O)c4)nc4sccn34)n2)CCN1CC1=CC=CCC=C1. The van der Waals surface area contributed by atoms with Gasteiger partial charge < -0.3 is 10.4 Å². The van der Waals surface area contributed by atoms with Crippen LogP contribution in [0.15, 0.2) is 84.1 Å². The van der Waals surface area contributed by atoms with Crippen LogP contribution < -0.4 is 5.32 Å². The van der Waals surface area contributed by atoms with Crippen molar-refractivity contribution in [2.75, 3.05) is 38.0 Å².